The number of aryl methyl sites for hydroxylation is 1. The number of benzene rings is 2. The van der Waals surface area contributed by atoms with Crippen LogP contribution in [0.3, 0.4) is 0 Å². The van der Waals surface area contributed by atoms with Crippen LogP contribution in [0, 0.1) is 5.92 Å². The van der Waals surface area contributed by atoms with Crippen LogP contribution in [0.15, 0.2) is 54.6 Å². The average Bonchev–Trinajstić information content (AvgIpc) is 3.56. The molecule has 4 atom stereocenters. The SMILES string of the molecule is O=C(CCCc1nnc2n1C1CCCCC1C1NC(c3ccccc3)NN21)NCCc1ccc(Cl)cc1. The normalized spacial score (nSPS) is 24.3. The van der Waals surface area contributed by atoms with Crippen LogP contribution in [-0.2, 0) is 17.6 Å². The molecule has 8 nitrogen and oxygen atoms in total. The fourth-order valence-corrected chi connectivity index (χ4v) is 6.25. The van der Waals surface area contributed by atoms with Crippen molar-refractivity contribution in [2.45, 2.75) is 69.7 Å². The number of aromatic nitrogens is 3. The molecule has 9 heteroatoms. The Labute approximate surface area is 222 Å². The molecule has 6 rings (SSSR count). The Morgan fingerprint density at radius 1 is 1.03 bits per heavy atom. The highest BCUT2D eigenvalue weighted by molar-refractivity contribution is 6.30. The van der Waals surface area contributed by atoms with Crippen molar-refractivity contribution in [3.05, 3.63) is 76.6 Å². The Kier molecular flexibility index (Phi) is 7.13. The molecule has 1 saturated heterocycles. The molecule has 4 unspecified atom stereocenters. The second-order valence-corrected chi connectivity index (χ2v) is 10.8. The molecule has 2 aromatic carbocycles. The van der Waals surface area contributed by atoms with E-state index in [4.69, 9.17) is 11.6 Å². The van der Waals surface area contributed by atoms with Gasteiger partial charge in [0, 0.05) is 36.4 Å². The molecule has 3 aromatic rings. The molecule has 0 spiro atoms. The largest absolute Gasteiger partial charge is 0.356 e. The van der Waals surface area contributed by atoms with E-state index in [0.717, 1.165) is 42.5 Å². The van der Waals surface area contributed by atoms with E-state index in [-0.39, 0.29) is 18.2 Å². The monoisotopic (exact) mass is 519 g/mol. The van der Waals surface area contributed by atoms with E-state index in [2.05, 4.69) is 60.1 Å². The zero-order valence-electron chi connectivity index (χ0n) is 20.9. The second kappa shape index (κ2) is 10.8. The molecule has 1 amide bonds. The minimum Gasteiger partial charge on any atom is -0.356 e. The summed E-state index contributed by atoms with van der Waals surface area (Å²) in [7, 11) is 0. The van der Waals surface area contributed by atoms with Crippen molar-refractivity contribution in [3.8, 4) is 0 Å². The van der Waals surface area contributed by atoms with E-state index in [0.29, 0.717) is 24.9 Å². The predicted molar refractivity (Wildman–Crippen MR) is 144 cm³/mol. The fraction of sp³-hybridized carbons (Fsp3) is 0.464. The number of amides is 1. The summed E-state index contributed by atoms with van der Waals surface area (Å²) in [4.78, 5) is 12.5. The minimum atomic E-state index is 0.0528. The summed E-state index contributed by atoms with van der Waals surface area (Å²) in [6, 6.07) is 18.7. The Balaban J connectivity index is 1.09. The van der Waals surface area contributed by atoms with Crippen molar-refractivity contribution in [1.82, 2.24) is 30.8 Å². The quantitative estimate of drug-likeness (QED) is 0.411. The Morgan fingerprint density at radius 3 is 2.68 bits per heavy atom. The summed E-state index contributed by atoms with van der Waals surface area (Å²) in [5.74, 6) is 2.46. The number of carbonyl (C=O) groups excluding carboxylic acids is 1. The molecule has 194 valence electrons. The summed E-state index contributed by atoms with van der Waals surface area (Å²) in [6.45, 7) is 0.627. The first-order chi connectivity index (χ1) is 18.2. The van der Waals surface area contributed by atoms with E-state index >= 15 is 0 Å². The second-order valence-electron chi connectivity index (χ2n) is 10.3. The number of nitrogens with one attached hydrogen (secondary N) is 3. The van der Waals surface area contributed by atoms with E-state index in [1.807, 2.05) is 30.3 Å². The number of rotatable bonds is 8. The molecule has 1 aliphatic carbocycles. The highest BCUT2D eigenvalue weighted by Gasteiger charge is 2.48. The van der Waals surface area contributed by atoms with Crippen molar-refractivity contribution in [2.24, 2.45) is 5.92 Å². The Bertz CT molecular complexity index is 1220. The van der Waals surface area contributed by atoms with Gasteiger partial charge in [0.05, 0.1) is 0 Å². The summed E-state index contributed by atoms with van der Waals surface area (Å²) in [5.41, 5.74) is 6.04. The molecular formula is C28H34ClN7O. The van der Waals surface area contributed by atoms with Crippen molar-refractivity contribution in [2.75, 3.05) is 11.6 Å². The number of halogens is 1. The maximum absolute atomic E-state index is 12.5. The van der Waals surface area contributed by atoms with Gasteiger partial charge < -0.3 is 5.32 Å². The Hall–Kier alpha value is -2.94. The third kappa shape index (κ3) is 5.10. The van der Waals surface area contributed by atoms with Crippen LogP contribution >= 0.6 is 11.6 Å². The van der Waals surface area contributed by atoms with Crippen molar-refractivity contribution < 1.29 is 4.79 Å². The number of fused-ring (bicyclic) bond motifs is 6. The van der Waals surface area contributed by atoms with Gasteiger partial charge in [-0.05, 0) is 48.9 Å². The third-order valence-electron chi connectivity index (χ3n) is 7.95. The lowest BCUT2D eigenvalue weighted by Crippen LogP contribution is -2.53. The smallest absolute Gasteiger partial charge is 0.243 e. The topological polar surface area (TPSA) is 87.1 Å². The van der Waals surface area contributed by atoms with Gasteiger partial charge in [0.1, 0.15) is 18.2 Å². The van der Waals surface area contributed by atoms with Crippen LogP contribution in [0.1, 0.15) is 67.7 Å². The molecule has 1 saturated carbocycles. The molecule has 0 radical (unpaired) electrons. The fourth-order valence-electron chi connectivity index (χ4n) is 6.13. The first-order valence-electron chi connectivity index (χ1n) is 13.5. The number of anilines is 1. The minimum absolute atomic E-state index is 0.0528. The Morgan fingerprint density at radius 2 is 1.84 bits per heavy atom. The first-order valence-corrected chi connectivity index (χ1v) is 13.9. The first kappa shape index (κ1) is 24.4. The molecular weight excluding hydrogens is 486 g/mol. The molecule has 3 N–H and O–H groups in total. The van der Waals surface area contributed by atoms with Gasteiger partial charge in [0.25, 0.3) is 0 Å². The van der Waals surface area contributed by atoms with Gasteiger partial charge in [-0.3, -0.25) is 19.7 Å². The predicted octanol–water partition coefficient (Wildman–Crippen LogP) is 4.30. The van der Waals surface area contributed by atoms with Gasteiger partial charge in [0.15, 0.2) is 0 Å². The highest BCUT2D eigenvalue weighted by Crippen LogP contribution is 2.45. The lowest BCUT2D eigenvalue weighted by atomic mass is 9.81. The number of nitrogens with zero attached hydrogens (tertiary/aromatic N) is 4. The van der Waals surface area contributed by atoms with Gasteiger partial charge in [-0.2, -0.15) is 0 Å². The van der Waals surface area contributed by atoms with Gasteiger partial charge in [0.2, 0.25) is 11.9 Å². The lowest BCUT2D eigenvalue weighted by molar-refractivity contribution is -0.121. The van der Waals surface area contributed by atoms with Crippen LogP contribution in [0.5, 0.6) is 0 Å². The van der Waals surface area contributed by atoms with E-state index in [1.54, 1.807) is 0 Å². The number of carbonyl (C=O) groups is 1. The molecule has 37 heavy (non-hydrogen) atoms. The van der Waals surface area contributed by atoms with Gasteiger partial charge in [-0.1, -0.05) is 66.9 Å². The average molecular weight is 520 g/mol. The summed E-state index contributed by atoms with van der Waals surface area (Å²) < 4.78 is 2.36. The van der Waals surface area contributed by atoms with Gasteiger partial charge >= 0.3 is 0 Å². The molecule has 3 heterocycles. The molecule has 2 fully saturated rings. The maximum atomic E-state index is 12.5. The molecule has 3 aliphatic rings. The van der Waals surface area contributed by atoms with Crippen molar-refractivity contribution in [1.29, 1.82) is 0 Å². The molecule has 1 aromatic heterocycles. The van der Waals surface area contributed by atoms with Crippen LogP contribution < -0.4 is 21.1 Å². The lowest BCUT2D eigenvalue weighted by Gasteiger charge is -2.44. The van der Waals surface area contributed by atoms with E-state index in [9.17, 15) is 4.79 Å². The van der Waals surface area contributed by atoms with Crippen LogP contribution in [-0.4, -0.2) is 33.4 Å². The van der Waals surface area contributed by atoms with E-state index in [1.165, 1.54) is 30.4 Å². The van der Waals surface area contributed by atoms with Gasteiger partial charge in [-0.15, -0.1) is 10.2 Å². The molecule has 2 aliphatic heterocycles. The summed E-state index contributed by atoms with van der Waals surface area (Å²) in [5, 5.41) is 19.0. The highest BCUT2D eigenvalue weighted by atomic mass is 35.5. The number of hydrogen-bond donors (Lipinski definition) is 3. The standard InChI is InChI=1S/C28H34ClN7O/c29-21-15-13-19(14-16-21)17-18-30-25(37)12-6-11-24-32-33-28-35(24)23-10-5-4-9-22(23)27-31-26(34-36(27)28)20-7-2-1-3-8-20/h1-3,7-8,13-16,22-23,26-27,31,34H,4-6,9-12,17-18H2,(H,30,37). The molecule has 0 bridgehead atoms. The zero-order chi connectivity index (χ0) is 25.2. The van der Waals surface area contributed by atoms with Crippen molar-refractivity contribution in [3.63, 3.8) is 0 Å². The summed E-state index contributed by atoms with van der Waals surface area (Å²) in [6.07, 6.45) is 7.86. The number of hydrazine groups is 1. The van der Waals surface area contributed by atoms with Crippen molar-refractivity contribution >= 4 is 23.5 Å². The van der Waals surface area contributed by atoms with Crippen LogP contribution in [0.25, 0.3) is 0 Å². The van der Waals surface area contributed by atoms with E-state index < -0.39 is 0 Å². The zero-order valence-corrected chi connectivity index (χ0v) is 21.7. The van der Waals surface area contributed by atoms with Crippen LogP contribution in [0.2, 0.25) is 5.02 Å². The number of hydrogen-bond acceptors (Lipinski definition) is 6. The summed E-state index contributed by atoms with van der Waals surface area (Å²) >= 11 is 5.95. The van der Waals surface area contributed by atoms with Crippen LogP contribution in [0.4, 0.5) is 5.95 Å². The third-order valence-corrected chi connectivity index (χ3v) is 8.20. The van der Waals surface area contributed by atoms with Gasteiger partial charge in [-0.25, -0.2) is 5.43 Å². The maximum Gasteiger partial charge on any atom is 0.243 e.